The Morgan fingerprint density at radius 3 is 2.48 bits per heavy atom. The monoisotopic (exact) mass is 397 g/mol. The number of hydrogen-bond acceptors (Lipinski definition) is 3. The summed E-state index contributed by atoms with van der Waals surface area (Å²) in [5.74, 6) is 1.30. The van der Waals surface area contributed by atoms with E-state index in [2.05, 4.69) is 36.2 Å². The van der Waals surface area contributed by atoms with Gasteiger partial charge in [-0.1, -0.05) is 57.0 Å². The molecule has 3 aliphatic rings. The molecule has 2 aliphatic heterocycles. The number of likely N-dealkylation sites (tertiary alicyclic amines) is 1. The van der Waals surface area contributed by atoms with Crippen molar-refractivity contribution in [3.05, 3.63) is 35.9 Å². The summed E-state index contributed by atoms with van der Waals surface area (Å²) in [6, 6.07) is 10.1. The van der Waals surface area contributed by atoms with Crippen LogP contribution < -0.4 is 5.32 Å². The SMILES string of the molecule is CCC(C)CN1C(=O)C(Cc2ccccc2)NC12CCN(C(=O)C1CCC1)CC2. The van der Waals surface area contributed by atoms with Gasteiger partial charge in [-0.2, -0.15) is 0 Å². The van der Waals surface area contributed by atoms with Crippen LogP contribution in [0, 0.1) is 11.8 Å². The Hall–Kier alpha value is -1.88. The summed E-state index contributed by atoms with van der Waals surface area (Å²) >= 11 is 0. The lowest BCUT2D eigenvalue weighted by Gasteiger charge is -2.46. The zero-order valence-corrected chi connectivity index (χ0v) is 17.9. The number of carbonyl (C=O) groups is 2. The summed E-state index contributed by atoms with van der Waals surface area (Å²) in [5.41, 5.74) is 0.896. The van der Waals surface area contributed by atoms with Crippen molar-refractivity contribution in [2.24, 2.45) is 11.8 Å². The zero-order chi connectivity index (χ0) is 20.4. The summed E-state index contributed by atoms with van der Waals surface area (Å²) in [6.45, 7) is 6.72. The highest BCUT2D eigenvalue weighted by Crippen LogP contribution is 2.36. The third-order valence-corrected chi connectivity index (χ3v) is 7.35. The smallest absolute Gasteiger partial charge is 0.241 e. The van der Waals surface area contributed by atoms with E-state index in [9.17, 15) is 9.59 Å². The lowest BCUT2D eigenvalue weighted by atomic mass is 9.83. The first kappa shape index (κ1) is 20.4. The number of nitrogens with zero attached hydrogens (tertiary/aromatic N) is 2. The third kappa shape index (κ3) is 4.07. The van der Waals surface area contributed by atoms with Gasteiger partial charge in [-0.05, 0) is 30.7 Å². The van der Waals surface area contributed by atoms with E-state index < -0.39 is 0 Å². The number of carbonyl (C=O) groups excluding carboxylic acids is 2. The van der Waals surface area contributed by atoms with E-state index in [-0.39, 0.29) is 23.5 Å². The molecule has 0 radical (unpaired) electrons. The van der Waals surface area contributed by atoms with Crippen LogP contribution in [0.1, 0.15) is 57.9 Å². The maximum atomic E-state index is 13.4. The second-order valence-corrected chi connectivity index (χ2v) is 9.33. The molecule has 0 aromatic heterocycles. The van der Waals surface area contributed by atoms with Crippen LogP contribution in [0.25, 0.3) is 0 Å². The van der Waals surface area contributed by atoms with E-state index in [1.165, 1.54) is 12.0 Å². The molecule has 29 heavy (non-hydrogen) atoms. The molecule has 0 bridgehead atoms. The second-order valence-electron chi connectivity index (χ2n) is 9.33. The molecule has 3 fully saturated rings. The van der Waals surface area contributed by atoms with Crippen molar-refractivity contribution in [3.8, 4) is 0 Å². The van der Waals surface area contributed by atoms with Crippen LogP contribution >= 0.6 is 0 Å². The van der Waals surface area contributed by atoms with Gasteiger partial charge in [0.15, 0.2) is 0 Å². The van der Waals surface area contributed by atoms with Crippen molar-refractivity contribution in [3.63, 3.8) is 0 Å². The Bertz CT molecular complexity index is 723. The minimum Gasteiger partial charge on any atom is -0.342 e. The van der Waals surface area contributed by atoms with Gasteiger partial charge in [-0.3, -0.25) is 14.9 Å². The largest absolute Gasteiger partial charge is 0.342 e. The Morgan fingerprint density at radius 2 is 1.90 bits per heavy atom. The topological polar surface area (TPSA) is 52.7 Å². The molecule has 1 aromatic rings. The predicted molar refractivity (Wildman–Crippen MR) is 114 cm³/mol. The van der Waals surface area contributed by atoms with E-state index in [0.717, 1.165) is 58.2 Å². The first-order valence-corrected chi connectivity index (χ1v) is 11.4. The highest BCUT2D eigenvalue weighted by atomic mass is 16.2. The lowest BCUT2D eigenvalue weighted by molar-refractivity contribution is -0.142. The highest BCUT2D eigenvalue weighted by Gasteiger charge is 2.52. The minimum atomic E-state index is -0.295. The van der Waals surface area contributed by atoms with Crippen molar-refractivity contribution < 1.29 is 9.59 Å². The van der Waals surface area contributed by atoms with Gasteiger partial charge in [0, 0.05) is 38.4 Å². The zero-order valence-electron chi connectivity index (χ0n) is 17.9. The van der Waals surface area contributed by atoms with Gasteiger partial charge in [0.25, 0.3) is 0 Å². The Labute approximate surface area is 174 Å². The number of amides is 2. The summed E-state index contributed by atoms with van der Waals surface area (Å²) in [5, 5.41) is 3.74. The Balaban J connectivity index is 1.48. The molecule has 4 rings (SSSR count). The van der Waals surface area contributed by atoms with Crippen LogP contribution in [-0.4, -0.2) is 53.0 Å². The van der Waals surface area contributed by atoms with Crippen molar-refractivity contribution >= 4 is 11.8 Å². The fourth-order valence-corrected chi connectivity index (χ4v) is 4.98. The molecule has 1 spiro atoms. The lowest BCUT2D eigenvalue weighted by Crippen LogP contribution is -2.60. The molecule has 2 saturated heterocycles. The van der Waals surface area contributed by atoms with Crippen molar-refractivity contribution in [1.82, 2.24) is 15.1 Å². The average Bonchev–Trinajstić information content (AvgIpc) is 2.93. The molecule has 2 amide bonds. The van der Waals surface area contributed by atoms with Gasteiger partial charge >= 0.3 is 0 Å². The number of hydrogen-bond donors (Lipinski definition) is 1. The molecular weight excluding hydrogens is 362 g/mol. The fourth-order valence-electron chi connectivity index (χ4n) is 4.98. The quantitative estimate of drug-likeness (QED) is 0.802. The van der Waals surface area contributed by atoms with E-state index in [1.807, 2.05) is 23.1 Å². The Kier molecular flexibility index (Phi) is 5.95. The molecule has 1 aromatic carbocycles. The minimum absolute atomic E-state index is 0.171. The molecular formula is C24H35N3O2. The maximum absolute atomic E-state index is 13.4. The van der Waals surface area contributed by atoms with Crippen molar-refractivity contribution in [2.45, 2.75) is 70.5 Å². The maximum Gasteiger partial charge on any atom is 0.241 e. The molecule has 2 unspecified atom stereocenters. The van der Waals surface area contributed by atoms with E-state index >= 15 is 0 Å². The van der Waals surface area contributed by atoms with Crippen LogP contribution in [0.3, 0.4) is 0 Å². The summed E-state index contributed by atoms with van der Waals surface area (Å²) in [7, 11) is 0. The van der Waals surface area contributed by atoms with Gasteiger partial charge in [0.05, 0.1) is 11.7 Å². The van der Waals surface area contributed by atoms with E-state index in [1.54, 1.807) is 0 Å². The number of rotatable bonds is 6. The summed E-state index contributed by atoms with van der Waals surface area (Å²) in [6.07, 6.45) is 6.75. The summed E-state index contributed by atoms with van der Waals surface area (Å²) in [4.78, 5) is 30.3. The first-order chi connectivity index (χ1) is 14.0. The first-order valence-electron chi connectivity index (χ1n) is 11.4. The molecule has 1 N–H and O–H groups in total. The second kappa shape index (κ2) is 8.47. The highest BCUT2D eigenvalue weighted by molar-refractivity contribution is 5.86. The van der Waals surface area contributed by atoms with E-state index in [4.69, 9.17) is 0 Å². The van der Waals surface area contributed by atoms with E-state index in [0.29, 0.717) is 11.8 Å². The van der Waals surface area contributed by atoms with Gasteiger partial charge in [-0.25, -0.2) is 0 Å². The standard InChI is InChI=1S/C24H35N3O2/c1-3-18(2)17-27-23(29)21(16-19-8-5-4-6-9-19)25-24(27)12-14-26(15-13-24)22(28)20-10-7-11-20/h4-6,8-9,18,20-21,25H,3,7,10-17H2,1-2H3. The molecule has 1 aliphatic carbocycles. The van der Waals surface area contributed by atoms with Crippen LogP contribution in [-0.2, 0) is 16.0 Å². The number of piperidine rings is 1. The third-order valence-electron chi connectivity index (χ3n) is 7.35. The van der Waals surface area contributed by atoms with Crippen LogP contribution in [0.15, 0.2) is 30.3 Å². The average molecular weight is 398 g/mol. The molecule has 158 valence electrons. The molecule has 1 saturated carbocycles. The van der Waals surface area contributed by atoms with Crippen LogP contribution in [0.2, 0.25) is 0 Å². The van der Waals surface area contributed by atoms with Gasteiger partial charge in [0.1, 0.15) is 0 Å². The van der Waals surface area contributed by atoms with Crippen LogP contribution in [0.4, 0.5) is 0 Å². The molecule has 5 nitrogen and oxygen atoms in total. The van der Waals surface area contributed by atoms with Crippen molar-refractivity contribution in [1.29, 1.82) is 0 Å². The predicted octanol–water partition coefficient (Wildman–Crippen LogP) is 3.19. The number of nitrogens with one attached hydrogen (secondary N) is 1. The van der Waals surface area contributed by atoms with Gasteiger partial charge < -0.3 is 9.80 Å². The van der Waals surface area contributed by atoms with Gasteiger partial charge in [-0.15, -0.1) is 0 Å². The number of benzene rings is 1. The van der Waals surface area contributed by atoms with Gasteiger partial charge in [0.2, 0.25) is 11.8 Å². The normalized spacial score (nSPS) is 25.3. The molecule has 5 heteroatoms. The molecule has 2 atom stereocenters. The van der Waals surface area contributed by atoms with Crippen LogP contribution in [0.5, 0.6) is 0 Å². The molecule has 2 heterocycles. The Morgan fingerprint density at radius 1 is 1.21 bits per heavy atom. The van der Waals surface area contributed by atoms with Crippen molar-refractivity contribution in [2.75, 3.05) is 19.6 Å². The summed E-state index contributed by atoms with van der Waals surface area (Å²) < 4.78 is 0. The fraction of sp³-hybridized carbons (Fsp3) is 0.667.